The summed E-state index contributed by atoms with van der Waals surface area (Å²) in [5.74, 6) is 1.53. The Balaban J connectivity index is 2.03. The number of carbonyl (C=O) groups is 1. The van der Waals surface area contributed by atoms with Gasteiger partial charge in [0.15, 0.2) is 0 Å². The lowest BCUT2D eigenvalue weighted by atomic mass is 9.88. The molecule has 0 saturated heterocycles. The average Bonchev–Trinajstić information content (AvgIpc) is 2.65. The van der Waals surface area contributed by atoms with Crippen molar-refractivity contribution in [3.05, 3.63) is 59.2 Å². The SMILES string of the molecule is COc1ccc(OC)c(C(C)CCC(C)c2ccc(C(=O)O)cc2)c1. The summed E-state index contributed by atoms with van der Waals surface area (Å²) in [5, 5.41) is 8.99. The van der Waals surface area contributed by atoms with Crippen molar-refractivity contribution in [2.45, 2.75) is 38.5 Å². The molecule has 4 nitrogen and oxygen atoms in total. The Morgan fingerprint density at radius 3 is 2.16 bits per heavy atom. The third-order valence-corrected chi connectivity index (χ3v) is 4.73. The minimum absolute atomic E-state index is 0.324. The predicted octanol–water partition coefficient (Wildman–Crippen LogP) is 5.09. The fraction of sp³-hybridized carbons (Fsp3) is 0.381. The fourth-order valence-electron chi connectivity index (χ4n) is 3.00. The van der Waals surface area contributed by atoms with Crippen molar-refractivity contribution in [3.63, 3.8) is 0 Å². The standard InChI is InChI=1S/C21H26O4/c1-14(16-7-9-17(10-8-16)21(22)23)5-6-15(2)19-13-18(24-3)11-12-20(19)25-4/h7-15H,5-6H2,1-4H3,(H,22,23). The smallest absolute Gasteiger partial charge is 0.335 e. The van der Waals surface area contributed by atoms with Crippen LogP contribution in [0, 0.1) is 0 Å². The molecule has 0 amide bonds. The predicted molar refractivity (Wildman–Crippen MR) is 99.0 cm³/mol. The summed E-state index contributed by atoms with van der Waals surface area (Å²) < 4.78 is 10.8. The Bertz CT molecular complexity index is 706. The first-order valence-electron chi connectivity index (χ1n) is 8.51. The van der Waals surface area contributed by atoms with Gasteiger partial charge in [-0.05, 0) is 60.6 Å². The second-order valence-corrected chi connectivity index (χ2v) is 6.41. The number of carboxylic acid groups (broad SMARTS) is 1. The highest BCUT2D eigenvalue weighted by molar-refractivity contribution is 5.87. The summed E-state index contributed by atoms with van der Waals surface area (Å²) in [7, 11) is 3.35. The number of benzene rings is 2. The Hall–Kier alpha value is -2.49. The van der Waals surface area contributed by atoms with E-state index in [1.807, 2.05) is 30.3 Å². The van der Waals surface area contributed by atoms with E-state index in [4.69, 9.17) is 14.6 Å². The Morgan fingerprint density at radius 1 is 0.960 bits per heavy atom. The second kappa shape index (κ2) is 8.56. The number of rotatable bonds is 8. The first-order chi connectivity index (χ1) is 12.0. The molecule has 2 atom stereocenters. The van der Waals surface area contributed by atoms with Crippen LogP contribution < -0.4 is 9.47 Å². The van der Waals surface area contributed by atoms with Gasteiger partial charge in [-0.3, -0.25) is 0 Å². The molecule has 0 aromatic heterocycles. The monoisotopic (exact) mass is 342 g/mol. The van der Waals surface area contributed by atoms with Crippen molar-refractivity contribution in [1.82, 2.24) is 0 Å². The van der Waals surface area contributed by atoms with Gasteiger partial charge in [0.05, 0.1) is 19.8 Å². The van der Waals surface area contributed by atoms with E-state index in [-0.39, 0.29) is 0 Å². The molecule has 0 aliphatic heterocycles. The molecule has 2 unspecified atom stereocenters. The molecule has 1 N–H and O–H groups in total. The normalized spacial score (nSPS) is 13.1. The van der Waals surface area contributed by atoms with Gasteiger partial charge in [0.2, 0.25) is 0 Å². The lowest BCUT2D eigenvalue weighted by molar-refractivity contribution is 0.0697. The molecule has 4 heteroatoms. The molecular formula is C21H26O4. The minimum atomic E-state index is -0.891. The van der Waals surface area contributed by atoms with Crippen LogP contribution in [0.25, 0.3) is 0 Å². The van der Waals surface area contributed by atoms with E-state index in [0.29, 0.717) is 17.4 Å². The lowest BCUT2D eigenvalue weighted by Gasteiger charge is -2.19. The third-order valence-electron chi connectivity index (χ3n) is 4.73. The molecule has 0 saturated carbocycles. The minimum Gasteiger partial charge on any atom is -0.497 e. The Kier molecular flexibility index (Phi) is 6.45. The van der Waals surface area contributed by atoms with Crippen molar-refractivity contribution < 1.29 is 19.4 Å². The van der Waals surface area contributed by atoms with Gasteiger partial charge in [-0.2, -0.15) is 0 Å². The van der Waals surface area contributed by atoms with Gasteiger partial charge in [-0.25, -0.2) is 4.79 Å². The maximum atomic E-state index is 10.9. The molecule has 0 radical (unpaired) electrons. The molecule has 25 heavy (non-hydrogen) atoms. The van der Waals surface area contributed by atoms with E-state index in [2.05, 4.69) is 13.8 Å². The van der Waals surface area contributed by atoms with Crippen LogP contribution in [0.2, 0.25) is 0 Å². The van der Waals surface area contributed by atoms with Gasteiger partial charge in [0.1, 0.15) is 11.5 Å². The van der Waals surface area contributed by atoms with Crippen LogP contribution in [0.4, 0.5) is 0 Å². The first-order valence-corrected chi connectivity index (χ1v) is 8.51. The maximum Gasteiger partial charge on any atom is 0.335 e. The number of aromatic carboxylic acids is 1. The van der Waals surface area contributed by atoms with Crippen LogP contribution in [-0.4, -0.2) is 25.3 Å². The zero-order valence-corrected chi connectivity index (χ0v) is 15.3. The van der Waals surface area contributed by atoms with Crippen LogP contribution in [0.5, 0.6) is 11.5 Å². The zero-order chi connectivity index (χ0) is 18.4. The quantitative estimate of drug-likeness (QED) is 0.726. The first kappa shape index (κ1) is 18.8. The maximum absolute atomic E-state index is 10.9. The van der Waals surface area contributed by atoms with Crippen molar-refractivity contribution in [2.75, 3.05) is 14.2 Å². The van der Waals surface area contributed by atoms with E-state index in [1.54, 1.807) is 26.4 Å². The summed E-state index contributed by atoms with van der Waals surface area (Å²) in [5.41, 5.74) is 2.63. The van der Waals surface area contributed by atoms with Gasteiger partial charge in [-0.1, -0.05) is 26.0 Å². The van der Waals surface area contributed by atoms with Crippen molar-refractivity contribution in [3.8, 4) is 11.5 Å². The number of ether oxygens (including phenoxy) is 2. The van der Waals surface area contributed by atoms with Gasteiger partial charge < -0.3 is 14.6 Å². The Labute approximate surface area is 149 Å². The van der Waals surface area contributed by atoms with Crippen LogP contribution in [-0.2, 0) is 0 Å². The summed E-state index contributed by atoms with van der Waals surface area (Å²) in [4.78, 5) is 10.9. The van der Waals surface area contributed by atoms with E-state index in [1.165, 1.54) is 0 Å². The van der Waals surface area contributed by atoms with Crippen LogP contribution in [0.1, 0.15) is 60.0 Å². The number of hydrogen-bond donors (Lipinski definition) is 1. The van der Waals surface area contributed by atoms with Gasteiger partial charge >= 0.3 is 5.97 Å². The largest absolute Gasteiger partial charge is 0.497 e. The number of hydrogen-bond acceptors (Lipinski definition) is 3. The van der Waals surface area contributed by atoms with Crippen LogP contribution >= 0.6 is 0 Å². The summed E-state index contributed by atoms with van der Waals surface area (Å²) in [6.07, 6.45) is 2.01. The molecule has 0 bridgehead atoms. The van der Waals surface area contributed by atoms with Gasteiger partial charge in [-0.15, -0.1) is 0 Å². The Morgan fingerprint density at radius 2 is 1.60 bits per heavy atom. The fourth-order valence-corrected chi connectivity index (χ4v) is 3.00. The molecule has 134 valence electrons. The second-order valence-electron chi connectivity index (χ2n) is 6.41. The zero-order valence-electron chi connectivity index (χ0n) is 15.3. The topological polar surface area (TPSA) is 55.8 Å². The van der Waals surface area contributed by atoms with Crippen molar-refractivity contribution in [1.29, 1.82) is 0 Å². The molecule has 0 heterocycles. The van der Waals surface area contributed by atoms with E-state index >= 15 is 0 Å². The molecule has 0 spiro atoms. The van der Waals surface area contributed by atoms with E-state index in [9.17, 15) is 4.79 Å². The van der Waals surface area contributed by atoms with Crippen molar-refractivity contribution in [2.24, 2.45) is 0 Å². The number of methoxy groups -OCH3 is 2. The molecule has 0 aliphatic carbocycles. The van der Waals surface area contributed by atoms with Gasteiger partial charge in [0, 0.05) is 5.56 Å². The lowest BCUT2D eigenvalue weighted by Crippen LogP contribution is -2.02. The highest BCUT2D eigenvalue weighted by Crippen LogP contribution is 2.34. The molecule has 0 aliphatic rings. The van der Waals surface area contributed by atoms with Crippen molar-refractivity contribution >= 4 is 5.97 Å². The third kappa shape index (κ3) is 4.75. The highest BCUT2D eigenvalue weighted by Gasteiger charge is 2.15. The molecular weight excluding hydrogens is 316 g/mol. The summed E-state index contributed by atoms with van der Waals surface area (Å²) >= 11 is 0. The molecule has 2 aromatic carbocycles. The van der Waals surface area contributed by atoms with Gasteiger partial charge in [0.25, 0.3) is 0 Å². The van der Waals surface area contributed by atoms with E-state index < -0.39 is 5.97 Å². The average molecular weight is 342 g/mol. The molecule has 2 aromatic rings. The molecule has 2 rings (SSSR count). The molecule has 0 fully saturated rings. The summed E-state index contributed by atoms with van der Waals surface area (Å²) in [6.45, 7) is 4.36. The summed E-state index contributed by atoms with van der Waals surface area (Å²) in [6, 6.07) is 13.0. The highest BCUT2D eigenvalue weighted by atomic mass is 16.5. The van der Waals surface area contributed by atoms with Crippen LogP contribution in [0.3, 0.4) is 0 Å². The van der Waals surface area contributed by atoms with Crippen LogP contribution in [0.15, 0.2) is 42.5 Å². The number of carboxylic acids is 1. The van der Waals surface area contributed by atoms with E-state index in [0.717, 1.165) is 35.5 Å².